The third-order valence-corrected chi connectivity index (χ3v) is 4.36. The van der Waals surface area contributed by atoms with Crippen LogP contribution in [0.5, 0.6) is 0 Å². The van der Waals surface area contributed by atoms with Gasteiger partial charge < -0.3 is 5.32 Å². The first-order chi connectivity index (χ1) is 8.63. The van der Waals surface area contributed by atoms with E-state index in [1.54, 1.807) is 17.6 Å². The predicted octanol–water partition coefficient (Wildman–Crippen LogP) is 3.89. The first-order valence-electron chi connectivity index (χ1n) is 5.50. The number of hydrogen-bond donors (Lipinski definition) is 1. The van der Waals surface area contributed by atoms with E-state index in [1.807, 2.05) is 36.4 Å². The largest absolute Gasteiger partial charge is 0.380 e. The van der Waals surface area contributed by atoms with E-state index >= 15 is 0 Å². The first-order valence-corrected chi connectivity index (χ1v) is 8.43. The monoisotopic (exact) mass is 299 g/mol. The molecule has 1 heterocycles. The van der Waals surface area contributed by atoms with Gasteiger partial charge in [0.25, 0.3) is 0 Å². The van der Waals surface area contributed by atoms with Gasteiger partial charge >= 0.3 is 0 Å². The van der Waals surface area contributed by atoms with Crippen molar-refractivity contribution in [3.8, 4) is 0 Å². The van der Waals surface area contributed by atoms with E-state index in [4.69, 9.17) is 11.6 Å². The quantitative estimate of drug-likeness (QED) is 0.907. The fourth-order valence-electron chi connectivity index (χ4n) is 1.64. The van der Waals surface area contributed by atoms with Gasteiger partial charge in [-0.15, -0.1) is 11.3 Å². The van der Waals surface area contributed by atoms with Crippen molar-refractivity contribution in [2.24, 2.45) is 0 Å². The summed E-state index contributed by atoms with van der Waals surface area (Å²) in [6.45, 7) is 0.760. The van der Waals surface area contributed by atoms with Crippen LogP contribution < -0.4 is 5.32 Å². The van der Waals surface area contributed by atoms with Crippen LogP contribution in [0.3, 0.4) is 0 Å². The third kappa shape index (κ3) is 4.12. The molecule has 1 atom stereocenters. The number of anilines is 1. The van der Waals surface area contributed by atoms with Crippen molar-refractivity contribution in [2.45, 2.75) is 12.3 Å². The summed E-state index contributed by atoms with van der Waals surface area (Å²) in [6.07, 6.45) is 1.72. The van der Waals surface area contributed by atoms with Crippen molar-refractivity contribution in [3.05, 3.63) is 51.2 Å². The molecule has 0 radical (unpaired) electrons. The molecule has 0 saturated carbocycles. The lowest BCUT2D eigenvalue weighted by atomic mass is 10.2. The van der Waals surface area contributed by atoms with Gasteiger partial charge in [0.05, 0.1) is 4.34 Å². The van der Waals surface area contributed by atoms with Crippen LogP contribution in [0.25, 0.3) is 0 Å². The Labute approximate surface area is 118 Å². The van der Waals surface area contributed by atoms with E-state index in [9.17, 15) is 4.21 Å². The van der Waals surface area contributed by atoms with Crippen LogP contribution >= 0.6 is 22.9 Å². The zero-order valence-corrected chi connectivity index (χ0v) is 12.4. The van der Waals surface area contributed by atoms with Crippen molar-refractivity contribution in [1.29, 1.82) is 0 Å². The second kappa shape index (κ2) is 6.36. The summed E-state index contributed by atoms with van der Waals surface area (Å²) in [6, 6.07) is 11.9. The first kappa shape index (κ1) is 13.6. The van der Waals surface area contributed by atoms with Gasteiger partial charge in [-0.3, -0.25) is 4.21 Å². The highest BCUT2D eigenvalue weighted by molar-refractivity contribution is 7.83. The van der Waals surface area contributed by atoms with E-state index in [1.165, 1.54) is 4.88 Å². The standard InChI is InChI=1S/C13H14ClNOS2/c1-18(16)9-10-3-2-4-11(7-10)15-8-12-5-6-13(14)17-12/h2-7,15H,8-9H2,1H3. The van der Waals surface area contributed by atoms with Gasteiger partial charge in [0.15, 0.2) is 0 Å². The number of halogens is 1. The van der Waals surface area contributed by atoms with E-state index in [0.717, 1.165) is 22.1 Å². The average Bonchev–Trinajstić information content (AvgIpc) is 2.72. The molecule has 96 valence electrons. The molecule has 2 nitrogen and oxygen atoms in total. The van der Waals surface area contributed by atoms with E-state index < -0.39 is 10.8 Å². The zero-order valence-electron chi connectivity index (χ0n) is 9.98. The Kier molecular flexibility index (Phi) is 4.80. The summed E-state index contributed by atoms with van der Waals surface area (Å²) in [5, 5.41) is 3.34. The van der Waals surface area contributed by atoms with Gasteiger partial charge in [-0.2, -0.15) is 0 Å². The second-order valence-corrected chi connectivity index (χ2v) is 7.21. The molecular formula is C13H14ClNOS2. The summed E-state index contributed by atoms with van der Waals surface area (Å²) < 4.78 is 12.0. The molecule has 2 aromatic rings. The molecule has 18 heavy (non-hydrogen) atoms. The number of hydrogen-bond acceptors (Lipinski definition) is 3. The molecule has 2 rings (SSSR count). The van der Waals surface area contributed by atoms with Crippen molar-refractivity contribution in [3.63, 3.8) is 0 Å². The van der Waals surface area contributed by atoms with E-state index in [0.29, 0.717) is 5.75 Å². The van der Waals surface area contributed by atoms with E-state index in [2.05, 4.69) is 5.32 Å². The summed E-state index contributed by atoms with van der Waals surface area (Å²) in [4.78, 5) is 1.20. The second-order valence-electron chi connectivity index (χ2n) is 3.98. The Morgan fingerprint density at radius 2 is 2.17 bits per heavy atom. The Hall–Kier alpha value is -0.840. The van der Waals surface area contributed by atoms with Gasteiger partial charge in [-0.1, -0.05) is 23.7 Å². The Bertz CT molecular complexity index is 553. The van der Waals surface area contributed by atoms with Gasteiger partial charge in [-0.25, -0.2) is 0 Å². The lowest BCUT2D eigenvalue weighted by Crippen LogP contribution is -1.99. The van der Waals surface area contributed by atoms with Crippen LogP contribution in [-0.4, -0.2) is 10.5 Å². The van der Waals surface area contributed by atoms with Crippen molar-refractivity contribution in [2.75, 3.05) is 11.6 Å². The molecule has 0 aliphatic carbocycles. The van der Waals surface area contributed by atoms with Gasteiger partial charge in [-0.05, 0) is 29.8 Å². The van der Waals surface area contributed by atoms with Crippen molar-refractivity contribution >= 4 is 39.4 Å². The van der Waals surface area contributed by atoms with Gasteiger partial charge in [0.1, 0.15) is 0 Å². The highest BCUT2D eigenvalue weighted by Crippen LogP contribution is 2.22. The van der Waals surface area contributed by atoms with Gasteiger partial charge in [0.2, 0.25) is 0 Å². The molecule has 1 aromatic carbocycles. The molecule has 0 aliphatic heterocycles. The van der Waals surface area contributed by atoms with Crippen LogP contribution in [0, 0.1) is 0 Å². The molecule has 0 amide bonds. The Morgan fingerprint density at radius 1 is 1.33 bits per heavy atom. The van der Waals surface area contributed by atoms with E-state index in [-0.39, 0.29) is 0 Å². The summed E-state index contributed by atoms with van der Waals surface area (Å²) in [5.74, 6) is 0.598. The molecule has 0 bridgehead atoms. The maximum absolute atomic E-state index is 11.2. The van der Waals surface area contributed by atoms with Crippen LogP contribution in [0.1, 0.15) is 10.4 Å². The molecule has 1 unspecified atom stereocenters. The van der Waals surface area contributed by atoms with Crippen LogP contribution in [0.4, 0.5) is 5.69 Å². The number of nitrogens with one attached hydrogen (secondary N) is 1. The minimum Gasteiger partial charge on any atom is -0.380 e. The molecular weight excluding hydrogens is 286 g/mol. The fourth-order valence-corrected chi connectivity index (χ4v) is 3.32. The highest BCUT2D eigenvalue weighted by atomic mass is 35.5. The van der Waals surface area contributed by atoms with Gasteiger partial charge in [0, 0.05) is 39.9 Å². The fraction of sp³-hybridized carbons (Fsp3) is 0.231. The average molecular weight is 300 g/mol. The zero-order chi connectivity index (χ0) is 13.0. The summed E-state index contributed by atoms with van der Waals surface area (Å²) in [7, 11) is -0.805. The minimum atomic E-state index is -0.805. The Morgan fingerprint density at radius 3 is 2.83 bits per heavy atom. The lowest BCUT2D eigenvalue weighted by Gasteiger charge is -2.06. The maximum Gasteiger partial charge on any atom is 0.0931 e. The minimum absolute atomic E-state index is 0.598. The predicted molar refractivity (Wildman–Crippen MR) is 80.9 cm³/mol. The third-order valence-electron chi connectivity index (χ3n) is 2.39. The lowest BCUT2D eigenvalue weighted by molar-refractivity contribution is 0.686. The molecule has 1 N–H and O–H groups in total. The molecule has 0 aliphatic rings. The van der Waals surface area contributed by atoms with Crippen molar-refractivity contribution in [1.82, 2.24) is 0 Å². The highest BCUT2D eigenvalue weighted by Gasteiger charge is 2.00. The smallest absolute Gasteiger partial charge is 0.0931 e. The number of rotatable bonds is 5. The van der Waals surface area contributed by atoms with Crippen LogP contribution in [-0.2, 0) is 23.1 Å². The van der Waals surface area contributed by atoms with Crippen LogP contribution in [0.2, 0.25) is 4.34 Å². The Balaban J connectivity index is 1.98. The summed E-state index contributed by atoms with van der Waals surface area (Å²) >= 11 is 7.46. The topological polar surface area (TPSA) is 29.1 Å². The normalized spacial score (nSPS) is 12.3. The molecule has 5 heteroatoms. The van der Waals surface area contributed by atoms with Crippen molar-refractivity contribution < 1.29 is 4.21 Å². The summed E-state index contributed by atoms with van der Waals surface area (Å²) in [5.41, 5.74) is 2.13. The maximum atomic E-state index is 11.2. The number of benzene rings is 1. The molecule has 0 fully saturated rings. The SMILES string of the molecule is CS(=O)Cc1cccc(NCc2ccc(Cl)s2)c1. The molecule has 0 saturated heterocycles. The van der Waals surface area contributed by atoms with Crippen LogP contribution in [0.15, 0.2) is 36.4 Å². The molecule has 1 aromatic heterocycles. The number of thiophene rings is 1. The molecule has 0 spiro atoms.